The number of hydrogen-bond acceptors (Lipinski definition) is 7. The molecule has 2 aliphatic heterocycles. The van der Waals surface area contributed by atoms with Gasteiger partial charge in [0, 0.05) is 5.92 Å². The number of ether oxygens (including phenoxy) is 4. The van der Waals surface area contributed by atoms with Crippen LogP contribution in [0, 0.1) is 0 Å². The topological polar surface area (TPSA) is 84.2 Å². The molecule has 0 fully saturated rings. The van der Waals surface area contributed by atoms with Gasteiger partial charge in [0.25, 0.3) is 0 Å². The van der Waals surface area contributed by atoms with Gasteiger partial charge >= 0.3 is 11.6 Å². The summed E-state index contributed by atoms with van der Waals surface area (Å²) in [7, 11) is 1.53. The third-order valence-corrected chi connectivity index (χ3v) is 4.99. The summed E-state index contributed by atoms with van der Waals surface area (Å²) in [5.41, 5.74) is 0.859. The molecule has 142 valence electrons. The summed E-state index contributed by atoms with van der Waals surface area (Å²) in [6, 6.07) is 10.5. The highest BCUT2D eigenvalue weighted by Gasteiger charge is 2.35. The number of esters is 1. The van der Waals surface area contributed by atoms with Gasteiger partial charge in [0.05, 0.1) is 24.5 Å². The summed E-state index contributed by atoms with van der Waals surface area (Å²) >= 11 is 0. The minimum Gasteiger partial charge on any atom is -0.493 e. The Morgan fingerprint density at radius 3 is 2.71 bits per heavy atom. The third kappa shape index (κ3) is 2.51. The summed E-state index contributed by atoms with van der Waals surface area (Å²) in [5, 5.41) is 0.583. The lowest BCUT2D eigenvalue weighted by molar-refractivity contribution is -0.135. The molecule has 7 nitrogen and oxygen atoms in total. The van der Waals surface area contributed by atoms with Crippen LogP contribution in [0.15, 0.2) is 45.6 Å². The van der Waals surface area contributed by atoms with Gasteiger partial charge in [0.2, 0.25) is 5.75 Å². The number of methoxy groups -OCH3 is 1. The van der Waals surface area contributed by atoms with Crippen molar-refractivity contribution in [3.8, 4) is 23.0 Å². The van der Waals surface area contributed by atoms with Crippen LogP contribution < -0.4 is 24.6 Å². The van der Waals surface area contributed by atoms with Crippen molar-refractivity contribution in [3.63, 3.8) is 0 Å². The van der Waals surface area contributed by atoms with Crippen molar-refractivity contribution in [2.45, 2.75) is 12.3 Å². The minimum absolute atomic E-state index is 0.0128. The number of para-hydroxylation sites is 1. The molecule has 1 aromatic heterocycles. The fourth-order valence-electron chi connectivity index (χ4n) is 3.75. The highest BCUT2D eigenvalue weighted by Crippen LogP contribution is 2.46. The Balaban J connectivity index is 1.74. The Bertz CT molecular complexity index is 1140. The quantitative estimate of drug-likeness (QED) is 0.499. The van der Waals surface area contributed by atoms with Gasteiger partial charge in [0.15, 0.2) is 17.2 Å². The van der Waals surface area contributed by atoms with Crippen LogP contribution in [-0.2, 0) is 4.79 Å². The van der Waals surface area contributed by atoms with Crippen molar-refractivity contribution in [3.05, 3.63) is 57.9 Å². The molecule has 0 amide bonds. The van der Waals surface area contributed by atoms with E-state index in [1.807, 2.05) is 0 Å². The van der Waals surface area contributed by atoms with E-state index < -0.39 is 17.5 Å². The van der Waals surface area contributed by atoms with E-state index in [2.05, 4.69) is 0 Å². The van der Waals surface area contributed by atoms with Crippen molar-refractivity contribution in [2.24, 2.45) is 0 Å². The summed E-state index contributed by atoms with van der Waals surface area (Å²) in [4.78, 5) is 25.1. The molecule has 0 bridgehead atoms. The standard InChI is InChI=1S/C21H16O7/c1-24-15-8-11(9-16-20(15)26-7-6-25-16)13-10-17(22)28-19-12-4-2-3-5-14(12)27-21(23)18(13)19/h2-5,8-9,13H,6-7,10H2,1H3/t13-/m1/s1. The van der Waals surface area contributed by atoms with Crippen LogP contribution in [0.5, 0.6) is 23.0 Å². The van der Waals surface area contributed by atoms with Crippen LogP contribution in [-0.4, -0.2) is 26.3 Å². The van der Waals surface area contributed by atoms with Crippen molar-refractivity contribution in [1.82, 2.24) is 0 Å². The molecule has 7 heteroatoms. The number of carbonyl (C=O) groups is 1. The summed E-state index contributed by atoms with van der Waals surface area (Å²) in [6.07, 6.45) is 0.0128. The number of carbonyl (C=O) groups excluding carboxylic acids is 1. The van der Waals surface area contributed by atoms with Crippen molar-refractivity contribution < 1.29 is 28.2 Å². The Labute approximate surface area is 159 Å². The summed E-state index contributed by atoms with van der Waals surface area (Å²) in [6.45, 7) is 0.840. The normalized spacial score (nSPS) is 17.8. The van der Waals surface area contributed by atoms with Crippen LogP contribution in [0.3, 0.4) is 0 Å². The van der Waals surface area contributed by atoms with Crippen molar-refractivity contribution in [2.75, 3.05) is 20.3 Å². The molecule has 3 heterocycles. The molecule has 0 N–H and O–H groups in total. The molecule has 2 aliphatic rings. The number of benzene rings is 2. The fraction of sp³-hybridized carbons (Fsp3) is 0.238. The van der Waals surface area contributed by atoms with Crippen LogP contribution in [0.2, 0.25) is 0 Å². The SMILES string of the molecule is COc1cc([C@H]2CC(=O)Oc3c2c(=O)oc2ccccc32)cc2c1OCCO2. The first-order valence-electron chi connectivity index (χ1n) is 8.89. The second kappa shape index (κ2) is 6.30. The average molecular weight is 380 g/mol. The molecule has 0 saturated heterocycles. The van der Waals surface area contributed by atoms with E-state index in [1.165, 1.54) is 7.11 Å². The highest BCUT2D eigenvalue weighted by molar-refractivity contribution is 5.90. The number of hydrogen-bond donors (Lipinski definition) is 0. The van der Waals surface area contributed by atoms with E-state index in [-0.39, 0.29) is 12.2 Å². The Kier molecular flexibility index (Phi) is 3.75. The molecule has 0 saturated carbocycles. The third-order valence-electron chi connectivity index (χ3n) is 4.99. The molecule has 28 heavy (non-hydrogen) atoms. The lowest BCUT2D eigenvalue weighted by atomic mass is 9.86. The van der Waals surface area contributed by atoms with Gasteiger partial charge in [-0.15, -0.1) is 0 Å². The van der Waals surface area contributed by atoms with Gasteiger partial charge < -0.3 is 23.4 Å². The average Bonchev–Trinajstić information content (AvgIpc) is 2.72. The van der Waals surface area contributed by atoms with E-state index >= 15 is 0 Å². The zero-order valence-electron chi connectivity index (χ0n) is 15.0. The fourth-order valence-corrected chi connectivity index (χ4v) is 3.75. The molecule has 2 aromatic carbocycles. The molecule has 1 atom stereocenters. The summed E-state index contributed by atoms with van der Waals surface area (Å²) < 4.78 is 27.7. The van der Waals surface area contributed by atoms with Gasteiger partial charge in [-0.1, -0.05) is 12.1 Å². The van der Waals surface area contributed by atoms with E-state index in [1.54, 1.807) is 36.4 Å². The Hall–Kier alpha value is -3.48. The van der Waals surface area contributed by atoms with Gasteiger partial charge in [-0.3, -0.25) is 4.79 Å². The van der Waals surface area contributed by atoms with E-state index in [9.17, 15) is 9.59 Å². The Morgan fingerprint density at radius 1 is 1.04 bits per heavy atom. The van der Waals surface area contributed by atoms with Gasteiger partial charge in [-0.05, 0) is 29.8 Å². The zero-order chi connectivity index (χ0) is 19.3. The van der Waals surface area contributed by atoms with E-state index in [0.717, 1.165) is 0 Å². The first kappa shape index (κ1) is 16.7. The van der Waals surface area contributed by atoms with Gasteiger partial charge in [-0.25, -0.2) is 4.79 Å². The lowest BCUT2D eigenvalue weighted by Gasteiger charge is -2.27. The first-order valence-corrected chi connectivity index (χ1v) is 8.89. The van der Waals surface area contributed by atoms with Crippen molar-refractivity contribution >= 4 is 16.9 Å². The lowest BCUT2D eigenvalue weighted by Crippen LogP contribution is -2.27. The monoisotopic (exact) mass is 380 g/mol. The number of fused-ring (bicyclic) bond motifs is 4. The second-order valence-corrected chi connectivity index (χ2v) is 6.61. The van der Waals surface area contributed by atoms with E-state index in [4.69, 9.17) is 23.4 Å². The molecule has 0 unspecified atom stereocenters. The minimum atomic E-state index is -0.540. The van der Waals surface area contributed by atoms with Crippen LogP contribution in [0.1, 0.15) is 23.5 Å². The molecule has 5 rings (SSSR count). The predicted molar refractivity (Wildman–Crippen MR) is 98.6 cm³/mol. The molecule has 3 aromatic rings. The maximum Gasteiger partial charge on any atom is 0.343 e. The van der Waals surface area contributed by atoms with Gasteiger partial charge in [0.1, 0.15) is 18.8 Å². The first-order chi connectivity index (χ1) is 13.7. The predicted octanol–water partition coefficient (Wildman–Crippen LogP) is 3.01. The largest absolute Gasteiger partial charge is 0.493 e. The van der Waals surface area contributed by atoms with Gasteiger partial charge in [-0.2, -0.15) is 0 Å². The smallest absolute Gasteiger partial charge is 0.343 e. The van der Waals surface area contributed by atoms with Crippen LogP contribution in [0.25, 0.3) is 11.0 Å². The summed E-state index contributed by atoms with van der Waals surface area (Å²) in [5.74, 6) is 0.816. The van der Waals surface area contributed by atoms with Crippen LogP contribution >= 0.6 is 0 Å². The maximum absolute atomic E-state index is 12.8. The second-order valence-electron chi connectivity index (χ2n) is 6.61. The zero-order valence-corrected chi connectivity index (χ0v) is 15.0. The molecule has 0 radical (unpaired) electrons. The van der Waals surface area contributed by atoms with Crippen molar-refractivity contribution in [1.29, 1.82) is 0 Å². The molecule has 0 spiro atoms. The molecular formula is C21H16O7. The Morgan fingerprint density at radius 2 is 1.86 bits per heavy atom. The number of rotatable bonds is 2. The molecule has 0 aliphatic carbocycles. The molecular weight excluding hydrogens is 364 g/mol. The van der Waals surface area contributed by atoms with E-state index in [0.29, 0.717) is 52.6 Å². The highest BCUT2D eigenvalue weighted by atomic mass is 16.6. The van der Waals surface area contributed by atoms with Crippen LogP contribution in [0.4, 0.5) is 0 Å². The maximum atomic E-state index is 12.8.